The van der Waals surface area contributed by atoms with E-state index in [2.05, 4.69) is 84.7 Å². The van der Waals surface area contributed by atoms with E-state index in [4.69, 9.17) is 4.98 Å². The monoisotopic (exact) mass is 519 g/mol. The number of thiazole rings is 1. The Labute approximate surface area is 225 Å². The highest BCUT2D eigenvalue weighted by molar-refractivity contribution is 7.09. The molecule has 198 valence electrons. The molecular formula is C29H41N7S. The fourth-order valence-electron chi connectivity index (χ4n) is 4.47. The Morgan fingerprint density at radius 2 is 1.54 bits per heavy atom. The van der Waals surface area contributed by atoms with E-state index >= 15 is 0 Å². The van der Waals surface area contributed by atoms with Gasteiger partial charge in [0.1, 0.15) is 0 Å². The zero-order valence-corrected chi connectivity index (χ0v) is 23.7. The van der Waals surface area contributed by atoms with Gasteiger partial charge in [0.2, 0.25) is 0 Å². The molecule has 0 radical (unpaired) electrons. The molecule has 0 spiro atoms. The lowest BCUT2D eigenvalue weighted by molar-refractivity contribution is 0.119. The van der Waals surface area contributed by atoms with Crippen LogP contribution < -0.4 is 5.32 Å². The minimum absolute atomic E-state index is 0.0230. The van der Waals surface area contributed by atoms with Gasteiger partial charge in [0.15, 0.2) is 0 Å². The molecule has 0 atom stereocenters. The average molecular weight is 520 g/mol. The first kappa shape index (κ1) is 27.2. The van der Waals surface area contributed by atoms with E-state index in [1.54, 1.807) is 11.3 Å². The lowest BCUT2D eigenvalue weighted by atomic mass is 9.94. The maximum absolute atomic E-state index is 4.98. The summed E-state index contributed by atoms with van der Waals surface area (Å²) in [5.41, 5.74) is 3.89. The number of hydrogen-bond acceptors (Lipinski definition) is 6. The van der Waals surface area contributed by atoms with E-state index in [1.807, 2.05) is 46.3 Å². The minimum Gasteiger partial charge on any atom is -0.310 e. The Bertz CT molecular complexity index is 1190. The standard InChI is InChI=1S/C29H41N7S/c1-28(2,3)34(18-19-36-16-7-13-32-36)22-26-23-37-27(33-26)20-24-8-10-25(11-9-24)21-29(4,5)30-14-17-35-15-6-12-31-35/h6-13,15-16,23,30H,14,17-22H2,1-5H3. The van der Waals surface area contributed by atoms with Gasteiger partial charge in [0.25, 0.3) is 0 Å². The average Bonchev–Trinajstić information content (AvgIpc) is 3.61. The van der Waals surface area contributed by atoms with Crippen LogP contribution in [-0.2, 0) is 32.5 Å². The molecule has 0 amide bonds. The van der Waals surface area contributed by atoms with E-state index in [0.29, 0.717) is 0 Å². The molecule has 0 aliphatic rings. The number of nitrogens with zero attached hydrogens (tertiary/aromatic N) is 6. The molecule has 4 aromatic rings. The summed E-state index contributed by atoms with van der Waals surface area (Å²) in [6, 6.07) is 13.0. The van der Waals surface area contributed by atoms with Gasteiger partial charge in [-0.1, -0.05) is 24.3 Å². The van der Waals surface area contributed by atoms with Crippen LogP contribution >= 0.6 is 11.3 Å². The fraction of sp³-hybridized carbons (Fsp3) is 0.483. The fourth-order valence-corrected chi connectivity index (χ4v) is 5.29. The summed E-state index contributed by atoms with van der Waals surface area (Å²) < 4.78 is 3.96. The van der Waals surface area contributed by atoms with E-state index in [-0.39, 0.29) is 11.1 Å². The zero-order chi connectivity index (χ0) is 26.3. The number of hydrogen-bond donors (Lipinski definition) is 1. The summed E-state index contributed by atoms with van der Waals surface area (Å²) in [6.07, 6.45) is 9.54. The Kier molecular flexibility index (Phi) is 8.95. The maximum Gasteiger partial charge on any atom is 0.0972 e. The van der Waals surface area contributed by atoms with Crippen molar-refractivity contribution >= 4 is 11.3 Å². The van der Waals surface area contributed by atoms with E-state index in [0.717, 1.165) is 51.3 Å². The quantitative estimate of drug-likeness (QED) is 0.268. The van der Waals surface area contributed by atoms with Crippen LogP contribution in [-0.4, -0.2) is 53.6 Å². The third-order valence-electron chi connectivity index (χ3n) is 6.59. The zero-order valence-electron chi connectivity index (χ0n) is 22.9. The predicted octanol–water partition coefficient (Wildman–Crippen LogP) is 5.04. The van der Waals surface area contributed by atoms with Gasteiger partial charge in [0.05, 0.1) is 23.8 Å². The summed E-state index contributed by atoms with van der Waals surface area (Å²) in [6.45, 7) is 15.8. The van der Waals surface area contributed by atoms with Crippen LogP contribution in [0.2, 0.25) is 0 Å². The second-order valence-corrected chi connectivity index (χ2v) is 12.3. The molecule has 0 aliphatic heterocycles. The summed E-state index contributed by atoms with van der Waals surface area (Å²) in [4.78, 5) is 7.46. The first-order valence-corrected chi connectivity index (χ1v) is 14.0. The number of aromatic nitrogens is 5. The van der Waals surface area contributed by atoms with Crippen molar-refractivity contribution in [1.82, 2.24) is 34.8 Å². The van der Waals surface area contributed by atoms with Crippen LogP contribution in [0, 0.1) is 0 Å². The van der Waals surface area contributed by atoms with Crippen molar-refractivity contribution in [3.05, 3.63) is 88.4 Å². The maximum atomic E-state index is 4.98. The molecule has 0 fully saturated rings. The predicted molar refractivity (Wildman–Crippen MR) is 152 cm³/mol. The van der Waals surface area contributed by atoms with Crippen LogP contribution in [0.4, 0.5) is 0 Å². The molecule has 7 nitrogen and oxygen atoms in total. The van der Waals surface area contributed by atoms with Crippen molar-refractivity contribution in [1.29, 1.82) is 0 Å². The van der Waals surface area contributed by atoms with Crippen LogP contribution in [0.5, 0.6) is 0 Å². The third kappa shape index (κ3) is 8.62. The van der Waals surface area contributed by atoms with Crippen molar-refractivity contribution in [2.45, 2.75) is 78.2 Å². The smallest absolute Gasteiger partial charge is 0.0972 e. The lowest BCUT2D eigenvalue weighted by Gasteiger charge is -2.35. The molecule has 0 saturated carbocycles. The van der Waals surface area contributed by atoms with Gasteiger partial charge < -0.3 is 5.32 Å². The Balaban J connectivity index is 1.28. The summed E-state index contributed by atoms with van der Waals surface area (Å²) >= 11 is 1.76. The van der Waals surface area contributed by atoms with Gasteiger partial charge in [-0.2, -0.15) is 10.2 Å². The topological polar surface area (TPSA) is 63.8 Å². The van der Waals surface area contributed by atoms with Crippen molar-refractivity contribution in [2.24, 2.45) is 0 Å². The van der Waals surface area contributed by atoms with Gasteiger partial charge >= 0.3 is 0 Å². The van der Waals surface area contributed by atoms with Crippen LogP contribution in [0.3, 0.4) is 0 Å². The summed E-state index contributed by atoms with van der Waals surface area (Å²) in [5.74, 6) is 0. The van der Waals surface area contributed by atoms with Crippen molar-refractivity contribution < 1.29 is 0 Å². The first-order chi connectivity index (χ1) is 17.7. The third-order valence-corrected chi connectivity index (χ3v) is 7.48. The molecular weight excluding hydrogens is 478 g/mol. The van der Waals surface area contributed by atoms with Crippen LogP contribution in [0.25, 0.3) is 0 Å². The van der Waals surface area contributed by atoms with E-state index < -0.39 is 0 Å². The summed E-state index contributed by atoms with van der Waals surface area (Å²) in [7, 11) is 0. The lowest BCUT2D eigenvalue weighted by Crippen LogP contribution is -2.42. The van der Waals surface area contributed by atoms with Gasteiger partial charge in [-0.25, -0.2) is 4.98 Å². The van der Waals surface area contributed by atoms with Gasteiger partial charge in [0, 0.05) is 67.3 Å². The Morgan fingerprint density at radius 3 is 2.16 bits per heavy atom. The number of benzene rings is 1. The molecule has 0 bridgehead atoms. The molecule has 3 aromatic heterocycles. The SMILES string of the molecule is CC(C)(Cc1ccc(Cc2nc(CN(CCn3cccn3)C(C)(C)C)cs2)cc1)NCCn1cccn1. The van der Waals surface area contributed by atoms with E-state index in [1.165, 1.54) is 16.1 Å². The van der Waals surface area contributed by atoms with E-state index in [9.17, 15) is 0 Å². The molecule has 8 heteroatoms. The highest BCUT2D eigenvalue weighted by Gasteiger charge is 2.22. The van der Waals surface area contributed by atoms with Crippen molar-refractivity contribution in [3.8, 4) is 0 Å². The van der Waals surface area contributed by atoms with Crippen molar-refractivity contribution in [2.75, 3.05) is 13.1 Å². The molecule has 1 aromatic carbocycles. The second-order valence-electron chi connectivity index (χ2n) is 11.3. The molecule has 0 saturated heterocycles. The molecule has 37 heavy (non-hydrogen) atoms. The minimum atomic E-state index is 0.0230. The normalized spacial score (nSPS) is 12.5. The highest BCUT2D eigenvalue weighted by Crippen LogP contribution is 2.21. The Hall–Kier alpha value is -2.81. The number of rotatable bonds is 13. The van der Waals surface area contributed by atoms with Crippen LogP contribution in [0.1, 0.15) is 56.4 Å². The highest BCUT2D eigenvalue weighted by atomic mass is 32.1. The van der Waals surface area contributed by atoms with Gasteiger partial charge in [-0.05, 0) is 64.3 Å². The first-order valence-electron chi connectivity index (χ1n) is 13.1. The van der Waals surface area contributed by atoms with Gasteiger partial charge in [-0.3, -0.25) is 14.3 Å². The molecule has 0 unspecified atom stereocenters. The molecule has 3 heterocycles. The number of nitrogens with one attached hydrogen (secondary N) is 1. The van der Waals surface area contributed by atoms with Gasteiger partial charge in [-0.15, -0.1) is 11.3 Å². The molecule has 0 aliphatic carbocycles. The van der Waals surface area contributed by atoms with Crippen LogP contribution in [0.15, 0.2) is 66.6 Å². The van der Waals surface area contributed by atoms with Crippen molar-refractivity contribution in [3.63, 3.8) is 0 Å². The summed E-state index contributed by atoms with van der Waals surface area (Å²) in [5, 5.41) is 15.7. The largest absolute Gasteiger partial charge is 0.310 e. The second kappa shape index (κ2) is 12.2. The Morgan fingerprint density at radius 1 is 0.892 bits per heavy atom. The molecule has 1 N–H and O–H groups in total. The molecule has 4 rings (SSSR count).